The minimum absolute atomic E-state index is 0.00818. The summed E-state index contributed by atoms with van der Waals surface area (Å²) < 4.78 is 27.3. The molecule has 0 aliphatic carbocycles. The Morgan fingerprint density at radius 2 is 1.79 bits per heavy atom. The molecule has 1 N–H and O–H groups in total. The number of alkyl halides is 2. The largest absolute Gasteiger partial charge is 0.355 e. The van der Waals surface area contributed by atoms with Crippen LogP contribution in [-0.2, 0) is 11.2 Å². The molecule has 0 spiro atoms. The number of unbranched alkanes of at least 4 members (excludes halogenated alkanes) is 1. The summed E-state index contributed by atoms with van der Waals surface area (Å²) in [5.41, 5.74) is 3.78. The molecule has 0 heterocycles. The number of likely N-dealkylation sites (N-methyl/N-ethyl adjacent to an activating group) is 1. The summed E-state index contributed by atoms with van der Waals surface area (Å²) in [4.78, 5) is 12.4. The number of nitrogens with one attached hydrogen (secondary N) is 1. The van der Waals surface area contributed by atoms with Crippen LogP contribution in [0.2, 0.25) is 0 Å². The summed E-state index contributed by atoms with van der Waals surface area (Å²) >= 11 is 0. The molecule has 0 atom stereocenters. The van der Waals surface area contributed by atoms with Gasteiger partial charge in [0.05, 0.1) is 0 Å². The van der Waals surface area contributed by atoms with Gasteiger partial charge in [0.2, 0.25) is 0 Å². The van der Waals surface area contributed by atoms with Crippen molar-refractivity contribution in [3.63, 3.8) is 0 Å². The van der Waals surface area contributed by atoms with Gasteiger partial charge in [0.25, 0.3) is 12.3 Å². The quantitative estimate of drug-likeness (QED) is 0.572. The summed E-state index contributed by atoms with van der Waals surface area (Å²) in [6.45, 7) is 3.99. The lowest BCUT2D eigenvalue weighted by atomic mass is 9.91. The van der Waals surface area contributed by atoms with E-state index in [1.54, 1.807) is 43.5 Å². The summed E-state index contributed by atoms with van der Waals surface area (Å²) in [6.07, 6.45) is 2.96. The number of halogens is 2. The predicted octanol–water partition coefficient (Wildman–Crippen LogP) is 5.82. The van der Waals surface area contributed by atoms with E-state index in [9.17, 15) is 13.6 Å². The maximum absolute atomic E-state index is 13.7. The lowest BCUT2D eigenvalue weighted by molar-refractivity contribution is -0.115. The molecule has 1 amide bonds. The Morgan fingerprint density at radius 1 is 1.07 bits per heavy atom. The smallest absolute Gasteiger partial charge is 0.264 e. The van der Waals surface area contributed by atoms with Gasteiger partial charge in [-0.25, -0.2) is 8.78 Å². The number of hydrogen-bond donors (Lipinski definition) is 1. The van der Waals surface area contributed by atoms with Crippen LogP contribution in [0.3, 0.4) is 0 Å². The zero-order valence-electron chi connectivity index (χ0n) is 16.6. The lowest BCUT2D eigenvalue weighted by Crippen LogP contribution is -2.20. The summed E-state index contributed by atoms with van der Waals surface area (Å²) in [7, 11) is 1.60. The van der Waals surface area contributed by atoms with Gasteiger partial charge in [0.15, 0.2) is 0 Å². The SMILES string of the molecule is CCC/C=C(\C(=O)NC)c1cccc(C)c1C/C=C(/c1ccccc1)C(F)F. The van der Waals surface area contributed by atoms with Crippen molar-refractivity contribution in [3.8, 4) is 0 Å². The van der Waals surface area contributed by atoms with Gasteiger partial charge in [-0.05, 0) is 42.0 Å². The van der Waals surface area contributed by atoms with Crippen LogP contribution in [0.25, 0.3) is 11.1 Å². The van der Waals surface area contributed by atoms with E-state index in [4.69, 9.17) is 0 Å². The number of carbonyl (C=O) groups is 1. The normalized spacial score (nSPS) is 12.4. The van der Waals surface area contributed by atoms with Crippen molar-refractivity contribution >= 4 is 17.1 Å². The van der Waals surface area contributed by atoms with Gasteiger partial charge in [-0.2, -0.15) is 0 Å². The molecule has 0 radical (unpaired) electrons. The van der Waals surface area contributed by atoms with Gasteiger partial charge in [-0.1, -0.05) is 74.0 Å². The Kier molecular flexibility index (Phi) is 8.12. The third-order valence-corrected chi connectivity index (χ3v) is 4.68. The van der Waals surface area contributed by atoms with E-state index in [2.05, 4.69) is 5.32 Å². The number of carbonyl (C=O) groups excluding carboxylic acids is 1. The molecule has 2 aromatic rings. The average Bonchev–Trinajstić information content (AvgIpc) is 2.70. The lowest BCUT2D eigenvalue weighted by Gasteiger charge is -2.15. The van der Waals surface area contributed by atoms with Crippen LogP contribution in [0.1, 0.15) is 42.0 Å². The molecule has 4 heteroatoms. The molecule has 0 fully saturated rings. The van der Waals surface area contributed by atoms with Crippen LogP contribution < -0.4 is 5.32 Å². The van der Waals surface area contributed by atoms with E-state index in [0.29, 0.717) is 17.6 Å². The molecular weight excluding hydrogens is 356 g/mol. The number of amides is 1. The molecule has 148 valence electrons. The van der Waals surface area contributed by atoms with Crippen LogP contribution >= 0.6 is 0 Å². The maximum Gasteiger partial charge on any atom is 0.264 e. The summed E-state index contributed by atoms with van der Waals surface area (Å²) in [6, 6.07) is 14.4. The van der Waals surface area contributed by atoms with Gasteiger partial charge >= 0.3 is 0 Å². The molecule has 2 aromatic carbocycles. The van der Waals surface area contributed by atoms with E-state index < -0.39 is 6.43 Å². The first kappa shape index (κ1) is 21.5. The van der Waals surface area contributed by atoms with Crippen molar-refractivity contribution in [1.82, 2.24) is 5.32 Å². The van der Waals surface area contributed by atoms with Crippen LogP contribution in [0.15, 0.2) is 60.7 Å². The van der Waals surface area contributed by atoms with Gasteiger partial charge in [0, 0.05) is 18.2 Å². The minimum atomic E-state index is -2.57. The fraction of sp³-hybridized carbons (Fsp3) is 0.292. The molecule has 2 nitrogen and oxygen atoms in total. The first-order chi connectivity index (χ1) is 13.5. The van der Waals surface area contributed by atoms with Gasteiger partial charge in [-0.3, -0.25) is 4.79 Å². The van der Waals surface area contributed by atoms with Crippen molar-refractivity contribution in [1.29, 1.82) is 0 Å². The monoisotopic (exact) mass is 383 g/mol. The van der Waals surface area contributed by atoms with Crippen molar-refractivity contribution in [2.24, 2.45) is 0 Å². The second-order valence-corrected chi connectivity index (χ2v) is 6.62. The average molecular weight is 383 g/mol. The van der Waals surface area contributed by atoms with E-state index in [-0.39, 0.29) is 11.5 Å². The molecule has 0 saturated heterocycles. The van der Waals surface area contributed by atoms with Crippen molar-refractivity contribution < 1.29 is 13.6 Å². The fourth-order valence-electron chi connectivity index (χ4n) is 3.15. The number of aryl methyl sites for hydroxylation is 1. The predicted molar refractivity (Wildman–Crippen MR) is 112 cm³/mol. The second-order valence-electron chi connectivity index (χ2n) is 6.62. The highest BCUT2D eigenvalue weighted by molar-refractivity contribution is 6.19. The standard InChI is InChI=1S/C24H27F2NO/c1-4-5-13-22(24(28)27-3)21-14-9-10-17(2)19(21)15-16-20(23(25)26)18-11-7-6-8-12-18/h6-14,16,23H,4-5,15H2,1-3H3,(H,27,28)/b20-16-,22-13-. The Balaban J connectivity index is 2.49. The van der Waals surface area contributed by atoms with Crippen molar-refractivity contribution in [3.05, 3.63) is 82.9 Å². The van der Waals surface area contributed by atoms with E-state index in [1.807, 2.05) is 38.1 Å². The second kappa shape index (κ2) is 10.5. The van der Waals surface area contributed by atoms with E-state index in [1.165, 1.54) is 0 Å². The Morgan fingerprint density at radius 3 is 2.39 bits per heavy atom. The van der Waals surface area contributed by atoms with Gasteiger partial charge in [0.1, 0.15) is 0 Å². The molecule has 0 aromatic heterocycles. The third kappa shape index (κ3) is 5.38. The van der Waals surface area contributed by atoms with Crippen LogP contribution in [0.5, 0.6) is 0 Å². The number of hydrogen-bond acceptors (Lipinski definition) is 1. The highest BCUT2D eigenvalue weighted by Gasteiger charge is 2.17. The molecule has 0 bridgehead atoms. The third-order valence-electron chi connectivity index (χ3n) is 4.68. The topological polar surface area (TPSA) is 29.1 Å². The summed E-state index contributed by atoms with van der Waals surface area (Å²) in [5.74, 6) is -0.165. The Bertz CT molecular complexity index is 854. The van der Waals surface area contributed by atoms with Crippen LogP contribution in [0.4, 0.5) is 8.78 Å². The van der Waals surface area contributed by atoms with Crippen molar-refractivity contribution in [2.75, 3.05) is 7.05 Å². The molecule has 0 unspecified atom stereocenters. The molecule has 0 aliphatic rings. The first-order valence-corrected chi connectivity index (χ1v) is 9.54. The number of allylic oxidation sites excluding steroid dienone is 3. The molecular formula is C24H27F2NO. The molecule has 2 rings (SSSR count). The summed E-state index contributed by atoms with van der Waals surface area (Å²) in [5, 5.41) is 2.69. The number of rotatable bonds is 8. The zero-order chi connectivity index (χ0) is 20.5. The highest BCUT2D eigenvalue weighted by Crippen LogP contribution is 2.27. The van der Waals surface area contributed by atoms with E-state index >= 15 is 0 Å². The van der Waals surface area contributed by atoms with Gasteiger partial charge in [-0.15, -0.1) is 0 Å². The maximum atomic E-state index is 13.7. The molecule has 28 heavy (non-hydrogen) atoms. The molecule has 0 saturated carbocycles. The highest BCUT2D eigenvalue weighted by atomic mass is 19.3. The number of benzene rings is 2. The van der Waals surface area contributed by atoms with Crippen LogP contribution in [-0.4, -0.2) is 19.4 Å². The Hall–Kier alpha value is -2.75. The van der Waals surface area contributed by atoms with Crippen LogP contribution in [0, 0.1) is 6.92 Å². The van der Waals surface area contributed by atoms with E-state index in [0.717, 1.165) is 29.5 Å². The van der Waals surface area contributed by atoms with Gasteiger partial charge < -0.3 is 5.32 Å². The zero-order valence-corrected chi connectivity index (χ0v) is 16.6. The first-order valence-electron chi connectivity index (χ1n) is 9.54. The van der Waals surface area contributed by atoms with Crippen molar-refractivity contribution in [2.45, 2.75) is 39.5 Å². The molecule has 0 aliphatic heterocycles. The fourth-order valence-corrected chi connectivity index (χ4v) is 3.15. The Labute approximate surface area is 166 Å². The minimum Gasteiger partial charge on any atom is -0.355 e.